The second-order valence-corrected chi connectivity index (χ2v) is 9.56. The number of rotatable bonds is 9. The highest BCUT2D eigenvalue weighted by Gasteiger charge is 2.12. The number of hydrogen-bond acceptors (Lipinski definition) is 7. The number of Topliss-reactive ketones (excluding diaryl/α,β-unsaturated/α-hetero) is 1. The summed E-state index contributed by atoms with van der Waals surface area (Å²) in [5, 5.41) is 7.80. The molecule has 2 rings (SSSR count). The number of thioether (sulfide) groups is 1. The van der Waals surface area contributed by atoms with Gasteiger partial charge in [-0.15, -0.1) is 23.1 Å². The maximum atomic E-state index is 12.0. The molecule has 146 valence electrons. The van der Waals surface area contributed by atoms with Crippen molar-refractivity contribution < 1.29 is 22.7 Å². The Morgan fingerprint density at radius 1 is 1.26 bits per heavy atom. The summed E-state index contributed by atoms with van der Waals surface area (Å²) in [4.78, 5) is 24.2. The fraction of sp³-hybridized carbons (Fsp3) is 0.294. The van der Waals surface area contributed by atoms with Crippen LogP contribution in [0.1, 0.15) is 27.7 Å². The summed E-state index contributed by atoms with van der Waals surface area (Å²) in [6, 6.07) is 8.26. The van der Waals surface area contributed by atoms with Crippen LogP contribution in [0.5, 0.6) is 5.75 Å². The van der Waals surface area contributed by atoms with Gasteiger partial charge in [0.2, 0.25) is 15.9 Å². The Labute approximate surface area is 166 Å². The Morgan fingerprint density at radius 2 is 2.00 bits per heavy atom. The molecule has 0 bridgehead atoms. The molecule has 0 saturated heterocycles. The van der Waals surface area contributed by atoms with Gasteiger partial charge >= 0.3 is 0 Å². The lowest BCUT2D eigenvalue weighted by Crippen LogP contribution is -2.24. The van der Waals surface area contributed by atoms with Crippen LogP contribution >= 0.6 is 23.1 Å². The first-order valence-corrected chi connectivity index (χ1v) is 11.4. The van der Waals surface area contributed by atoms with Crippen molar-refractivity contribution in [2.45, 2.75) is 23.4 Å². The van der Waals surface area contributed by atoms with Gasteiger partial charge in [0.25, 0.3) is 0 Å². The van der Waals surface area contributed by atoms with E-state index in [2.05, 4.69) is 5.32 Å². The lowest BCUT2D eigenvalue weighted by Gasteiger charge is -2.10. The Bertz CT molecular complexity index is 938. The summed E-state index contributed by atoms with van der Waals surface area (Å²) in [6.07, 6.45) is 0. The van der Waals surface area contributed by atoms with Crippen molar-refractivity contribution in [3.8, 4) is 5.75 Å². The molecular weight excluding hydrogens is 408 g/mol. The van der Waals surface area contributed by atoms with Gasteiger partial charge in [0, 0.05) is 21.8 Å². The van der Waals surface area contributed by atoms with Crippen molar-refractivity contribution in [2.75, 3.05) is 12.9 Å². The molecule has 0 spiro atoms. The van der Waals surface area contributed by atoms with Crippen molar-refractivity contribution in [3.63, 3.8) is 0 Å². The Morgan fingerprint density at radius 3 is 2.59 bits per heavy atom. The van der Waals surface area contributed by atoms with Crippen LogP contribution < -0.4 is 15.2 Å². The van der Waals surface area contributed by atoms with Crippen LogP contribution in [0.15, 0.2) is 34.5 Å². The van der Waals surface area contributed by atoms with E-state index in [1.807, 2.05) is 0 Å². The summed E-state index contributed by atoms with van der Waals surface area (Å²) >= 11 is 2.42. The molecule has 1 aromatic carbocycles. The minimum absolute atomic E-state index is 0.0311. The maximum Gasteiger partial charge on any atom is 0.247 e. The number of ketones is 1. The number of amides is 1. The zero-order valence-corrected chi connectivity index (χ0v) is 17.3. The van der Waals surface area contributed by atoms with Crippen LogP contribution in [0.25, 0.3) is 0 Å². The van der Waals surface area contributed by atoms with E-state index in [4.69, 9.17) is 9.88 Å². The first kappa shape index (κ1) is 21.4. The van der Waals surface area contributed by atoms with E-state index in [0.29, 0.717) is 21.9 Å². The average Bonchev–Trinajstić information content (AvgIpc) is 3.09. The second kappa shape index (κ2) is 9.36. The first-order valence-electron chi connectivity index (χ1n) is 7.84. The van der Waals surface area contributed by atoms with Gasteiger partial charge in [0.1, 0.15) is 9.96 Å². The van der Waals surface area contributed by atoms with Crippen LogP contribution in [0.3, 0.4) is 0 Å². The highest BCUT2D eigenvalue weighted by molar-refractivity contribution is 7.99. The van der Waals surface area contributed by atoms with E-state index < -0.39 is 10.0 Å². The molecule has 0 radical (unpaired) electrons. The third-order valence-corrected chi connectivity index (χ3v) is 7.06. The Balaban J connectivity index is 1.85. The van der Waals surface area contributed by atoms with E-state index in [-0.39, 0.29) is 28.2 Å². The molecule has 27 heavy (non-hydrogen) atoms. The predicted molar refractivity (Wildman–Crippen MR) is 107 cm³/mol. The van der Waals surface area contributed by atoms with Crippen molar-refractivity contribution in [1.29, 1.82) is 0 Å². The van der Waals surface area contributed by atoms with Gasteiger partial charge < -0.3 is 10.1 Å². The van der Waals surface area contributed by atoms with E-state index in [1.54, 1.807) is 31.4 Å². The minimum atomic E-state index is -3.72. The number of nitrogens with two attached hydrogens (primary N) is 1. The van der Waals surface area contributed by atoms with Crippen LogP contribution in [0.2, 0.25) is 0 Å². The summed E-state index contributed by atoms with van der Waals surface area (Å²) in [5.41, 5.74) is 1.44. The van der Waals surface area contributed by atoms with E-state index in [1.165, 1.54) is 24.8 Å². The number of methoxy groups -OCH3 is 1. The smallest absolute Gasteiger partial charge is 0.247 e. The molecule has 3 N–H and O–H groups in total. The number of primary sulfonamides is 1. The fourth-order valence-corrected chi connectivity index (χ4v) is 4.76. The number of hydrogen-bond donors (Lipinski definition) is 2. The van der Waals surface area contributed by atoms with Crippen molar-refractivity contribution >= 4 is 44.8 Å². The Kier molecular flexibility index (Phi) is 7.42. The van der Waals surface area contributed by atoms with Gasteiger partial charge in [-0.1, -0.05) is 0 Å². The molecule has 1 heterocycles. The van der Waals surface area contributed by atoms with Gasteiger partial charge in [-0.05, 0) is 37.3 Å². The first-order chi connectivity index (χ1) is 12.7. The number of ether oxygens (including phenoxy) is 1. The van der Waals surface area contributed by atoms with Gasteiger partial charge in [-0.3, -0.25) is 9.59 Å². The highest BCUT2D eigenvalue weighted by Crippen LogP contribution is 2.25. The predicted octanol–water partition coefficient (Wildman–Crippen LogP) is 2.16. The molecule has 0 aliphatic rings. The highest BCUT2D eigenvalue weighted by atomic mass is 32.2. The van der Waals surface area contributed by atoms with E-state index >= 15 is 0 Å². The molecule has 0 saturated carbocycles. The van der Waals surface area contributed by atoms with Gasteiger partial charge in [0.05, 0.1) is 19.4 Å². The van der Waals surface area contributed by atoms with Crippen molar-refractivity contribution in [1.82, 2.24) is 5.32 Å². The lowest BCUT2D eigenvalue weighted by atomic mass is 10.1. The summed E-state index contributed by atoms with van der Waals surface area (Å²) in [7, 11) is -2.16. The topological polar surface area (TPSA) is 116 Å². The molecule has 0 unspecified atom stereocenters. The van der Waals surface area contributed by atoms with Crippen LogP contribution in [-0.2, 0) is 27.1 Å². The largest absolute Gasteiger partial charge is 0.496 e. The molecule has 10 heteroatoms. The number of carbonyl (C=O) groups excluding carboxylic acids is 2. The molecule has 7 nitrogen and oxygen atoms in total. The molecule has 0 aliphatic carbocycles. The SMILES string of the molecule is COc1ccc(C(C)=O)cc1CSCC(=O)NCc1ccc(S(N)(=O)=O)s1. The fourth-order valence-electron chi connectivity index (χ4n) is 2.21. The van der Waals surface area contributed by atoms with Crippen LogP contribution in [0, 0.1) is 0 Å². The number of thiophene rings is 1. The molecule has 0 fully saturated rings. The van der Waals surface area contributed by atoms with Gasteiger partial charge in [0.15, 0.2) is 5.78 Å². The van der Waals surface area contributed by atoms with Crippen molar-refractivity contribution in [2.24, 2.45) is 5.14 Å². The molecule has 0 atom stereocenters. The van der Waals surface area contributed by atoms with E-state index in [0.717, 1.165) is 16.9 Å². The Hall–Kier alpha value is -1.88. The van der Waals surface area contributed by atoms with Crippen molar-refractivity contribution in [3.05, 3.63) is 46.3 Å². The molecule has 0 aliphatic heterocycles. The molecular formula is C17H20N2O5S3. The van der Waals surface area contributed by atoms with Gasteiger partial charge in [-0.25, -0.2) is 13.6 Å². The number of sulfonamides is 1. The second-order valence-electron chi connectivity index (χ2n) is 5.62. The molecule has 1 amide bonds. The van der Waals surface area contributed by atoms with E-state index in [9.17, 15) is 18.0 Å². The zero-order valence-electron chi connectivity index (χ0n) is 14.9. The van der Waals surface area contributed by atoms with Gasteiger partial charge in [-0.2, -0.15) is 0 Å². The quantitative estimate of drug-likeness (QED) is 0.591. The minimum Gasteiger partial charge on any atom is -0.496 e. The third-order valence-electron chi connectivity index (χ3n) is 3.55. The number of benzene rings is 1. The molecule has 1 aromatic heterocycles. The van der Waals surface area contributed by atoms with Crippen LogP contribution in [0.4, 0.5) is 0 Å². The summed E-state index contributed by atoms with van der Waals surface area (Å²) < 4.78 is 27.8. The number of carbonyl (C=O) groups is 2. The molecule has 2 aromatic rings. The summed E-state index contributed by atoms with van der Waals surface area (Å²) in [6.45, 7) is 1.74. The summed E-state index contributed by atoms with van der Waals surface area (Å²) in [5.74, 6) is 1.21. The van der Waals surface area contributed by atoms with Crippen LogP contribution in [-0.4, -0.2) is 33.0 Å². The monoisotopic (exact) mass is 428 g/mol. The normalized spacial score (nSPS) is 11.2. The zero-order chi connectivity index (χ0) is 20.0. The number of nitrogens with one attached hydrogen (secondary N) is 1. The maximum absolute atomic E-state index is 12.0. The lowest BCUT2D eigenvalue weighted by molar-refractivity contribution is -0.118. The third kappa shape index (κ3) is 6.35. The average molecular weight is 429 g/mol. The standard InChI is InChI=1S/C17H20N2O5S3/c1-11(20)12-3-5-15(24-2)13(7-12)9-25-10-16(21)19-8-14-4-6-17(26-14)27(18,22)23/h3-7H,8-10H2,1-2H3,(H,19,21)(H2,18,22,23).